The maximum atomic E-state index is 5.36. The summed E-state index contributed by atoms with van der Waals surface area (Å²) in [5.74, 6) is 0.626. The van der Waals surface area contributed by atoms with Gasteiger partial charge >= 0.3 is 0 Å². The van der Waals surface area contributed by atoms with Gasteiger partial charge in [0.25, 0.3) is 0 Å². The van der Waals surface area contributed by atoms with Crippen molar-refractivity contribution in [1.82, 2.24) is 14.8 Å². The van der Waals surface area contributed by atoms with Gasteiger partial charge in [0.1, 0.15) is 0 Å². The second kappa shape index (κ2) is 4.27. The number of anilines is 1. The highest BCUT2D eigenvalue weighted by molar-refractivity contribution is 7.22. The minimum atomic E-state index is 0.626. The van der Waals surface area contributed by atoms with Gasteiger partial charge in [-0.25, -0.2) is 9.67 Å². The summed E-state index contributed by atoms with van der Waals surface area (Å²) in [7, 11) is 1.93. The molecule has 17 heavy (non-hydrogen) atoms. The molecule has 1 atom stereocenters. The lowest BCUT2D eigenvalue weighted by molar-refractivity contribution is 0.187. The Labute approximate surface area is 104 Å². The fraction of sp³-hybridized carbons (Fsp3) is 0.636. The highest BCUT2D eigenvalue weighted by Crippen LogP contribution is 2.28. The number of thiazole rings is 1. The monoisotopic (exact) mass is 252 g/mol. The lowest BCUT2D eigenvalue weighted by atomic mass is 10.1. The largest absolute Gasteiger partial charge is 0.381 e. The van der Waals surface area contributed by atoms with Gasteiger partial charge in [-0.1, -0.05) is 11.3 Å². The first-order valence-corrected chi connectivity index (χ1v) is 6.67. The van der Waals surface area contributed by atoms with E-state index < -0.39 is 0 Å². The fourth-order valence-electron chi connectivity index (χ4n) is 2.14. The van der Waals surface area contributed by atoms with E-state index in [2.05, 4.69) is 15.4 Å². The molecule has 0 radical (unpaired) electrons. The van der Waals surface area contributed by atoms with Gasteiger partial charge in [-0.15, -0.1) is 0 Å². The summed E-state index contributed by atoms with van der Waals surface area (Å²) in [5, 5.41) is 8.74. The molecule has 0 bridgehead atoms. The van der Waals surface area contributed by atoms with Crippen molar-refractivity contribution in [3.63, 3.8) is 0 Å². The molecule has 2 aromatic heterocycles. The highest BCUT2D eigenvalue weighted by Gasteiger charge is 2.17. The summed E-state index contributed by atoms with van der Waals surface area (Å²) < 4.78 is 8.37. The second-order valence-corrected chi connectivity index (χ2v) is 5.49. The topological polar surface area (TPSA) is 52.0 Å². The number of aryl methyl sites for hydroxylation is 2. The Morgan fingerprint density at radius 1 is 1.59 bits per heavy atom. The zero-order chi connectivity index (χ0) is 11.8. The summed E-state index contributed by atoms with van der Waals surface area (Å²) in [4.78, 5) is 4.56. The van der Waals surface area contributed by atoms with Crippen LogP contribution in [0, 0.1) is 12.8 Å². The van der Waals surface area contributed by atoms with Crippen LogP contribution in [0.4, 0.5) is 5.13 Å². The van der Waals surface area contributed by atoms with E-state index >= 15 is 0 Å². The predicted octanol–water partition coefficient (Wildman–Crippen LogP) is 1.79. The van der Waals surface area contributed by atoms with Crippen molar-refractivity contribution >= 4 is 26.8 Å². The number of aromatic nitrogens is 3. The van der Waals surface area contributed by atoms with E-state index in [-0.39, 0.29) is 0 Å². The van der Waals surface area contributed by atoms with Crippen molar-refractivity contribution in [2.24, 2.45) is 13.0 Å². The van der Waals surface area contributed by atoms with Crippen LogP contribution < -0.4 is 5.32 Å². The Balaban J connectivity index is 1.74. The third kappa shape index (κ3) is 2.02. The number of ether oxygens (including phenoxy) is 1. The molecule has 1 saturated heterocycles. The first-order valence-electron chi connectivity index (χ1n) is 5.86. The molecule has 0 aliphatic carbocycles. The average Bonchev–Trinajstić information content (AvgIpc) is 2.98. The normalized spacial score (nSPS) is 20.2. The smallest absolute Gasteiger partial charge is 0.185 e. The van der Waals surface area contributed by atoms with Crippen molar-refractivity contribution < 1.29 is 4.74 Å². The molecule has 3 rings (SSSR count). The number of nitrogens with one attached hydrogen (secondary N) is 1. The van der Waals surface area contributed by atoms with Crippen LogP contribution in [-0.4, -0.2) is 34.5 Å². The first-order chi connectivity index (χ1) is 8.24. The molecule has 92 valence electrons. The van der Waals surface area contributed by atoms with E-state index in [0.717, 1.165) is 42.7 Å². The summed E-state index contributed by atoms with van der Waals surface area (Å²) >= 11 is 1.68. The molecule has 0 spiro atoms. The SMILES string of the molecule is Cc1nn(C)c2nc(NC[C@@H]3CCOC3)sc12. The van der Waals surface area contributed by atoms with Crippen molar-refractivity contribution in [2.75, 3.05) is 25.1 Å². The van der Waals surface area contributed by atoms with Crippen LogP contribution in [0.15, 0.2) is 0 Å². The van der Waals surface area contributed by atoms with Crippen molar-refractivity contribution in [3.8, 4) is 0 Å². The highest BCUT2D eigenvalue weighted by atomic mass is 32.1. The van der Waals surface area contributed by atoms with Crippen LogP contribution in [0.3, 0.4) is 0 Å². The minimum Gasteiger partial charge on any atom is -0.381 e. The number of fused-ring (bicyclic) bond motifs is 1. The molecule has 5 nitrogen and oxygen atoms in total. The van der Waals surface area contributed by atoms with Crippen LogP contribution >= 0.6 is 11.3 Å². The number of hydrogen-bond donors (Lipinski definition) is 1. The van der Waals surface area contributed by atoms with Gasteiger partial charge in [-0.2, -0.15) is 5.10 Å². The standard InChI is InChI=1S/C11H16N4OS/c1-7-9-10(15(2)14-7)13-11(17-9)12-5-8-3-4-16-6-8/h8H,3-6H2,1-2H3,(H,12,13)/t8-/m0/s1. The maximum absolute atomic E-state index is 5.36. The van der Waals surface area contributed by atoms with Crippen molar-refractivity contribution in [3.05, 3.63) is 5.69 Å². The van der Waals surface area contributed by atoms with Crippen molar-refractivity contribution in [1.29, 1.82) is 0 Å². The summed E-state index contributed by atoms with van der Waals surface area (Å²) in [5.41, 5.74) is 2.02. The zero-order valence-electron chi connectivity index (χ0n) is 10.1. The van der Waals surface area contributed by atoms with Gasteiger partial charge in [-0.3, -0.25) is 0 Å². The van der Waals surface area contributed by atoms with Crippen LogP contribution in [0.25, 0.3) is 10.3 Å². The van der Waals surface area contributed by atoms with E-state index in [1.807, 2.05) is 18.7 Å². The molecule has 0 amide bonds. The second-order valence-electron chi connectivity index (χ2n) is 4.49. The Morgan fingerprint density at radius 3 is 3.18 bits per heavy atom. The van der Waals surface area contributed by atoms with Gasteiger partial charge in [-0.05, 0) is 13.3 Å². The van der Waals surface area contributed by atoms with Crippen LogP contribution in [-0.2, 0) is 11.8 Å². The van der Waals surface area contributed by atoms with Gasteiger partial charge in [0.2, 0.25) is 0 Å². The van der Waals surface area contributed by atoms with Crippen LogP contribution in [0.5, 0.6) is 0 Å². The maximum Gasteiger partial charge on any atom is 0.185 e. The number of nitrogens with zero attached hydrogens (tertiary/aromatic N) is 3. The average molecular weight is 252 g/mol. The lowest BCUT2D eigenvalue weighted by Crippen LogP contribution is -2.13. The molecular weight excluding hydrogens is 236 g/mol. The van der Waals surface area contributed by atoms with E-state index in [1.54, 1.807) is 11.3 Å². The Bertz CT molecular complexity index is 492. The molecule has 0 saturated carbocycles. The van der Waals surface area contributed by atoms with E-state index in [9.17, 15) is 0 Å². The first kappa shape index (κ1) is 11.0. The predicted molar refractivity (Wildman–Crippen MR) is 68.5 cm³/mol. The van der Waals surface area contributed by atoms with Gasteiger partial charge in [0.15, 0.2) is 10.8 Å². The van der Waals surface area contributed by atoms with Crippen LogP contribution in [0.2, 0.25) is 0 Å². The minimum absolute atomic E-state index is 0.626. The molecular formula is C11H16N4OS. The Hall–Kier alpha value is -1.14. The molecule has 1 fully saturated rings. The molecule has 0 aromatic carbocycles. The third-order valence-corrected chi connectivity index (χ3v) is 4.22. The molecule has 3 heterocycles. The lowest BCUT2D eigenvalue weighted by Gasteiger charge is -2.07. The number of rotatable bonds is 3. The zero-order valence-corrected chi connectivity index (χ0v) is 10.9. The Morgan fingerprint density at radius 2 is 2.47 bits per heavy atom. The molecule has 0 unspecified atom stereocenters. The third-order valence-electron chi connectivity index (χ3n) is 3.11. The molecule has 6 heteroatoms. The summed E-state index contributed by atoms with van der Waals surface area (Å²) in [6.07, 6.45) is 1.15. The van der Waals surface area contributed by atoms with Gasteiger partial charge in [0.05, 0.1) is 17.0 Å². The Kier molecular flexibility index (Phi) is 2.76. The van der Waals surface area contributed by atoms with Gasteiger partial charge in [0, 0.05) is 26.1 Å². The van der Waals surface area contributed by atoms with E-state index in [4.69, 9.17) is 4.74 Å². The van der Waals surface area contributed by atoms with E-state index in [0.29, 0.717) is 5.92 Å². The number of hydrogen-bond acceptors (Lipinski definition) is 5. The summed E-state index contributed by atoms with van der Waals surface area (Å²) in [6.45, 7) is 4.75. The molecule has 1 N–H and O–H groups in total. The molecule has 1 aliphatic heterocycles. The summed E-state index contributed by atoms with van der Waals surface area (Å²) in [6, 6.07) is 0. The molecule has 1 aliphatic rings. The quantitative estimate of drug-likeness (QED) is 0.905. The van der Waals surface area contributed by atoms with Crippen LogP contribution in [0.1, 0.15) is 12.1 Å². The van der Waals surface area contributed by atoms with Gasteiger partial charge < -0.3 is 10.1 Å². The fourth-order valence-corrected chi connectivity index (χ4v) is 3.07. The van der Waals surface area contributed by atoms with Crippen molar-refractivity contribution in [2.45, 2.75) is 13.3 Å². The molecule has 2 aromatic rings. The van der Waals surface area contributed by atoms with E-state index in [1.165, 1.54) is 4.70 Å².